The van der Waals surface area contributed by atoms with E-state index >= 15 is 0 Å². The quantitative estimate of drug-likeness (QED) is 0.292. The van der Waals surface area contributed by atoms with E-state index in [2.05, 4.69) is 26.0 Å². The number of amides is 1. The standard InChI is InChI=1S/C19H19BrClF3N2O7S/c1-8(2)14(27)7-25-18(30)11-5-10(33-19(22,23)24)6-13(16(11)28)26-34(31,32)15-4-9(20)3-12(21)17(15)29/h3-6,8,14,26-29H,7H2,1-2H3,(H,25,30). The molecule has 2 rings (SSSR count). The van der Waals surface area contributed by atoms with Gasteiger partial charge in [-0.25, -0.2) is 8.42 Å². The Labute approximate surface area is 205 Å². The number of anilines is 1. The Kier molecular flexibility index (Phi) is 8.56. The fraction of sp³-hybridized carbons (Fsp3) is 0.316. The van der Waals surface area contributed by atoms with E-state index in [1.807, 2.05) is 4.72 Å². The van der Waals surface area contributed by atoms with Gasteiger partial charge >= 0.3 is 6.36 Å². The molecule has 0 saturated carbocycles. The molecule has 188 valence electrons. The minimum absolute atomic E-state index is 0.151. The predicted octanol–water partition coefficient (Wildman–Crippen LogP) is 3.96. The maximum atomic E-state index is 12.8. The average Bonchev–Trinajstić information content (AvgIpc) is 2.69. The van der Waals surface area contributed by atoms with E-state index in [9.17, 15) is 41.7 Å². The van der Waals surface area contributed by atoms with Gasteiger partial charge < -0.3 is 25.4 Å². The minimum Gasteiger partial charge on any atom is -0.505 e. The van der Waals surface area contributed by atoms with E-state index < -0.39 is 61.8 Å². The lowest BCUT2D eigenvalue weighted by molar-refractivity contribution is -0.274. The highest BCUT2D eigenvalue weighted by molar-refractivity contribution is 9.10. The molecule has 2 aromatic rings. The first-order valence-electron chi connectivity index (χ1n) is 9.31. The van der Waals surface area contributed by atoms with Crippen molar-refractivity contribution in [1.29, 1.82) is 0 Å². The fourth-order valence-electron chi connectivity index (χ4n) is 2.53. The van der Waals surface area contributed by atoms with E-state index in [-0.39, 0.29) is 22.0 Å². The largest absolute Gasteiger partial charge is 0.573 e. The normalized spacial score (nSPS) is 13.0. The van der Waals surface area contributed by atoms with Gasteiger partial charge in [0.05, 0.1) is 22.4 Å². The number of aliphatic hydroxyl groups excluding tert-OH is 1. The molecule has 0 saturated heterocycles. The Hall–Kier alpha value is -2.42. The zero-order chi connectivity index (χ0) is 26.0. The maximum Gasteiger partial charge on any atom is 0.573 e. The summed E-state index contributed by atoms with van der Waals surface area (Å²) in [6.07, 6.45) is -6.20. The number of aromatic hydroxyl groups is 2. The Balaban J connectivity index is 2.53. The molecule has 1 atom stereocenters. The third-order valence-electron chi connectivity index (χ3n) is 4.33. The average molecular weight is 592 g/mol. The van der Waals surface area contributed by atoms with Crippen LogP contribution in [0.25, 0.3) is 0 Å². The second kappa shape index (κ2) is 10.5. The van der Waals surface area contributed by atoms with Gasteiger partial charge in [-0.3, -0.25) is 9.52 Å². The topological polar surface area (TPSA) is 145 Å². The molecule has 0 bridgehead atoms. The van der Waals surface area contributed by atoms with Crippen molar-refractivity contribution < 1.29 is 46.4 Å². The van der Waals surface area contributed by atoms with Crippen molar-refractivity contribution in [2.45, 2.75) is 31.2 Å². The van der Waals surface area contributed by atoms with Crippen molar-refractivity contribution in [3.63, 3.8) is 0 Å². The van der Waals surface area contributed by atoms with Gasteiger partial charge in [-0.05, 0) is 24.1 Å². The van der Waals surface area contributed by atoms with Crippen LogP contribution >= 0.6 is 27.5 Å². The maximum absolute atomic E-state index is 12.8. The van der Waals surface area contributed by atoms with Crippen LogP contribution in [0, 0.1) is 5.92 Å². The van der Waals surface area contributed by atoms with E-state index in [1.165, 1.54) is 6.07 Å². The summed E-state index contributed by atoms with van der Waals surface area (Å²) in [5.74, 6) is -4.29. The van der Waals surface area contributed by atoms with Crippen molar-refractivity contribution >= 4 is 49.1 Å². The number of carbonyl (C=O) groups excluding carboxylic acids is 1. The summed E-state index contributed by atoms with van der Waals surface area (Å²) < 4.78 is 69.7. The number of rotatable bonds is 8. The van der Waals surface area contributed by atoms with Crippen molar-refractivity contribution in [3.8, 4) is 17.2 Å². The van der Waals surface area contributed by atoms with Crippen molar-refractivity contribution in [1.82, 2.24) is 5.32 Å². The molecule has 0 aliphatic heterocycles. The number of halogens is 5. The van der Waals surface area contributed by atoms with Crippen molar-refractivity contribution in [2.75, 3.05) is 11.3 Å². The smallest absolute Gasteiger partial charge is 0.505 e. The SMILES string of the molecule is CC(C)C(O)CNC(=O)c1cc(OC(F)(F)F)cc(NS(=O)(=O)c2cc(Br)cc(Cl)c2O)c1O. The molecule has 34 heavy (non-hydrogen) atoms. The lowest BCUT2D eigenvalue weighted by Gasteiger charge is -2.18. The Morgan fingerprint density at radius 3 is 2.35 bits per heavy atom. The molecular weight excluding hydrogens is 573 g/mol. The molecule has 5 N–H and O–H groups in total. The zero-order valence-corrected chi connectivity index (χ0v) is 20.6. The second-order valence-corrected chi connectivity index (χ2v) is 10.2. The number of nitrogens with one attached hydrogen (secondary N) is 2. The summed E-state index contributed by atoms with van der Waals surface area (Å²) in [6.45, 7) is 3.01. The number of carbonyl (C=O) groups is 1. The molecule has 0 aliphatic rings. The summed E-state index contributed by atoms with van der Waals surface area (Å²) in [6, 6.07) is 3.19. The van der Waals surface area contributed by atoms with Crippen LogP contribution in [0.5, 0.6) is 17.2 Å². The van der Waals surface area contributed by atoms with Gasteiger partial charge in [0.1, 0.15) is 10.6 Å². The first-order valence-corrected chi connectivity index (χ1v) is 12.0. The molecule has 0 aliphatic carbocycles. The highest BCUT2D eigenvalue weighted by atomic mass is 79.9. The number of phenols is 2. The number of phenolic OH excluding ortho intramolecular Hbond substituents is 2. The lowest BCUT2D eigenvalue weighted by Crippen LogP contribution is -2.34. The lowest BCUT2D eigenvalue weighted by atomic mass is 10.1. The van der Waals surface area contributed by atoms with E-state index in [4.69, 9.17) is 11.6 Å². The van der Waals surface area contributed by atoms with Crippen LogP contribution in [0.1, 0.15) is 24.2 Å². The van der Waals surface area contributed by atoms with Crippen LogP contribution in [0.15, 0.2) is 33.6 Å². The van der Waals surface area contributed by atoms with Gasteiger partial charge in [0.2, 0.25) is 0 Å². The number of ether oxygens (including phenoxy) is 1. The number of hydrogen-bond acceptors (Lipinski definition) is 7. The number of hydrogen-bond donors (Lipinski definition) is 5. The summed E-state index contributed by atoms with van der Waals surface area (Å²) in [5, 5.41) is 32.2. The molecule has 2 aromatic carbocycles. The Bertz CT molecular complexity index is 1190. The first kappa shape index (κ1) is 27.8. The van der Waals surface area contributed by atoms with Crippen LogP contribution in [0.2, 0.25) is 5.02 Å². The van der Waals surface area contributed by atoms with E-state index in [1.54, 1.807) is 13.8 Å². The van der Waals surface area contributed by atoms with Crippen LogP contribution < -0.4 is 14.8 Å². The molecule has 0 heterocycles. The highest BCUT2D eigenvalue weighted by Crippen LogP contribution is 2.39. The van der Waals surface area contributed by atoms with Gasteiger partial charge in [0.15, 0.2) is 11.5 Å². The summed E-state index contributed by atoms with van der Waals surface area (Å²) in [7, 11) is -4.73. The van der Waals surface area contributed by atoms with Gasteiger partial charge in [0, 0.05) is 17.1 Å². The molecule has 9 nitrogen and oxygen atoms in total. The van der Waals surface area contributed by atoms with Gasteiger partial charge in [-0.2, -0.15) is 0 Å². The van der Waals surface area contributed by atoms with E-state index in [0.29, 0.717) is 12.1 Å². The molecule has 0 fully saturated rings. The Morgan fingerprint density at radius 1 is 1.18 bits per heavy atom. The van der Waals surface area contributed by atoms with Crippen LogP contribution in [0.4, 0.5) is 18.9 Å². The van der Waals surface area contributed by atoms with Crippen LogP contribution in [0.3, 0.4) is 0 Å². The molecule has 1 amide bonds. The van der Waals surface area contributed by atoms with Crippen molar-refractivity contribution in [3.05, 3.63) is 39.3 Å². The number of benzene rings is 2. The van der Waals surface area contributed by atoms with Crippen LogP contribution in [-0.2, 0) is 10.0 Å². The van der Waals surface area contributed by atoms with Crippen LogP contribution in [-0.4, -0.2) is 48.7 Å². The predicted molar refractivity (Wildman–Crippen MR) is 120 cm³/mol. The second-order valence-electron chi connectivity index (χ2n) is 7.28. The molecule has 0 spiro atoms. The molecule has 1 unspecified atom stereocenters. The fourth-order valence-corrected chi connectivity index (χ4v) is 4.74. The molecular formula is C19H19BrClF3N2O7S. The Morgan fingerprint density at radius 2 is 1.79 bits per heavy atom. The molecule has 0 aromatic heterocycles. The summed E-state index contributed by atoms with van der Waals surface area (Å²) in [4.78, 5) is 11.7. The highest BCUT2D eigenvalue weighted by Gasteiger charge is 2.33. The molecule has 15 heteroatoms. The minimum atomic E-state index is -5.20. The first-order chi connectivity index (χ1) is 15.5. The van der Waals surface area contributed by atoms with Gasteiger partial charge in [0.25, 0.3) is 15.9 Å². The molecule has 0 radical (unpaired) electrons. The van der Waals surface area contributed by atoms with E-state index in [0.717, 1.165) is 6.07 Å². The van der Waals surface area contributed by atoms with Gasteiger partial charge in [-0.15, -0.1) is 13.2 Å². The monoisotopic (exact) mass is 590 g/mol. The number of alkyl halides is 3. The number of aliphatic hydroxyl groups is 1. The third kappa shape index (κ3) is 7.04. The van der Waals surface area contributed by atoms with Gasteiger partial charge in [-0.1, -0.05) is 41.4 Å². The summed E-state index contributed by atoms with van der Waals surface area (Å²) in [5.41, 5.74) is -1.63. The third-order valence-corrected chi connectivity index (χ3v) is 6.45. The van der Waals surface area contributed by atoms with Crippen molar-refractivity contribution in [2.24, 2.45) is 5.92 Å². The zero-order valence-electron chi connectivity index (χ0n) is 17.4. The number of sulfonamides is 1. The summed E-state index contributed by atoms with van der Waals surface area (Å²) >= 11 is 8.76.